The highest BCUT2D eigenvalue weighted by molar-refractivity contribution is 6.16. The fourth-order valence-electron chi connectivity index (χ4n) is 6.51. The van der Waals surface area contributed by atoms with Gasteiger partial charge in [-0.05, 0) is 58.2 Å². The Hall–Kier alpha value is -4.82. The summed E-state index contributed by atoms with van der Waals surface area (Å²) in [7, 11) is 0. The fraction of sp³-hybridized carbons (Fsp3) is 0.0556. The molecule has 1 N–H and O–H groups in total. The summed E-state index contributed by atoms with van der Waals surface area (Å²) in [4.78, 5) is 6.14. The van der Waals surface area contributed by atoms with E-state index in [0.717, 1.165) is 0 Å². The number of hydrogen-bond donors (Lipinski definition) is 1. The number of H-pyrrole nitrogens is 1. The van der Waals surface area contributed by atoms with E-state index in [1.165, 1.54) is 61.0 Å². The fourth-order valence-corrected chi connectivity index (χ4v) is 6.51. The zero-order valence-electron chi connectivity index (χ0n) is 20.9. The molecule has 180 valence electrons. The second-order valence-corrected chi connectivity index (χ2v) is 10.2. The zero-order chi connectivity index (χ0) is 25.1. The molecule has 1 aliphatic heterocycles. The van der Waals surface area contributed by atoms with Crippen LogP contribution in [0, 0.1) is 0 Å². The summed E-state index contributed by atoms with van der Waals surface area (Å²) in [5.41, 5.74) is 11.4. The highest BCUT2D eigenvalue weighted by Crippen LogP contribution is 2.50. The van der Waals surface area contributed by atoms with E-state index in [2.05, 4.69) is 149 Å². The molecule has 1 aliphatic carbocycles. The van der Waals surface area contributed by atoms with Gasteiger partial charge in [-0.1, -0.05) is 109 Å². The van der Waals surface area contributed by atoms with Gasteiger partial charge in [0, 0.05) is 39.1 Å². The summed E-state index contributed by atoms with van der Waals surface area (Å²) in [6.07, 6.45) is 7.24. The molecule has 8 rings (SSSR count). The van der Waals surface area contributed by atoms with Crippen LogP contribution in [0.5, 0.6) is 0 Å². The largest absolute Gasteiger partial charge is 0.354 e. The lowest BCUT2D eigenvalue weighted by molar-refractivity contribution is 0.747. The summed E-state index contributed by atoms with van der Waals surface area (Å²) >= 11 is 0. The Bertz CT molecular complexity index is 1880. The summed E-state index contributed by atoms with van der Waals surface area (Å²) in [5, 5.41) is 2.56. The van der Waals surface area contributed by atoms with Crippen LogP contribution in [0.15, 0.2) is 140 Å². The van der Waals surface area contributed by atoms with Crippen molar-refractivity contribution in [2.75, 3.05) is 4.90 Å². The van der Waals surface area contributed by atoms with Gasteiger partial charge in [0.1, 0.15) is 0 Å². The molecule has 0 amide bonds. The number of benzene rings is 5. The molecule has 2 heteroatoms. The molecular weight excluding hydrogens is 460 g/mol. The second-order valence-electron chi connectivity index (χ2n) is 10.2. The zero-order valence-corrected chi connectivity index (χ0v) is 20.9. The number of aromatic amines is 1. The minimum absolute atomic E-state index is 0.260. The van der Waals surface area contributed by atoms with Gasteiger partial charge in [-0.3, -0.25) is 0 Å². The van der Waals surface area contributed by atoms with E-state index in [9.17, 15) is 0 Å². The van der Waals surface area contributed by atoms with Gasteiger partial charge in [-0.2, -0.15) is 0 Å². The van der Waals surface area contributed by atoms with Crippen molar-refractivity contribution < 1.29 is 0 Å². The lowest BCUT2D eigenvalue weighted by Crippen LogP contribution is -2.28. The monoisotopic (exact) mass is 486 g/mol. The first-order valence-electron chi connectivity index (χ1n) is 13.3. The van der Waals surface area contributed by atoms with Gasteiger partial charge in [0.15, 0.2) is 0 Å². The lowest BCUT2D eigenvalue weighted by atomic mass is 9.83. The minimum Gasteiger partial charge on any atom is -0.354 e. The van der Waals surface area contributed by atoms with E-state index < -0.39 is 0 Å². The van der Waals surface area contributed by atoms with Crippen molar-refractivity contribution in [2.24, 2.45) is 0 Å². The second kappa shape index (κ2) is 8.36. The van der Waals surface area contributed by atoms with Crippen LogP contribution < -0.4 is 4.90 Å². The molecule has 0 fully saturated rings. The maximum absolute atomic E-state index is 3.65. The molecule has 0 saturated heterocycles. The van der Waals surface area contributed by atoms with Crippen LogP contribution in [0.4, 0.5) is 11.4 Å². The molecular formula is C36H26N2. The topological polar surface area (TPSA) is 19.0 Å². The minimum atomic E-state index is 0.260. The lowest BCUT2D eigenvalue weighted by Gasteiger charge is -2.30. The molecule has 2 atom stereocenters. The van der Waals surface area contributed by atoms with Gasteiger partial charge in [0.05, 0.1) is 6.04 Å². The van der Waals surface area contributed by atoms with Gasteiger partial charge in [0.25, 0.3) is 0 Å². The van der Waals surface area contributed by atoms with Gasteiger partial charge in [0.2, 0.25) is 0 Å². The van der Waals surface area contributed by atoms with Crippen LogP contribution in [0.3, 0.4) is 0 Å². The standard InChI is InChI=1S/C36H26N2/c1-3-11-24(12-4-1)35-27(20-21-32-36(35)29-16-7-9-17-31(29)37-32)25-19-22-34-30(23-25)28-15-8-10-18-33(28)38(34)26-13-5-2-6-14-26/h1-23,30,34,37H. The number of anilines is 2. The molecule has 5 aromatic carbocycles. The number of hydrogen-bond acceptors (Lipinski definition) is 1. The molecule has 0 radical (unpaired) electrons. The van der Waals surface area contributed by atoms with Crippen molar-refractivity contribution >= 4 is 38.8 Å². The van der Waals surface area contributed by atoms with E-state index in [1.807, 2.05) is 0 Å². The van der Waals surface area contributed by atoms with Gasteiger partial charge in [-0.25, -0.2) is 0 Å². The van der Waals surface area contributed by atoms with Crippen LogP contribution in [-0.4, -0.2) is 11.0 Å². The molecule has 0 saturated carbocycles. The Morgan fingerprint density at radius 3 is 2.24 bits per heavy atom. The molecule has 0 bridgehead atoms. The Kier molecular flexibility index (Phi) is 4.68. The molecule has 2 nitrogen and oxygen atoms in total. The Labute approximate surface area is 222 Å². The normalized spacial score (nSPS) is 18.0. The number of rotatable bonds is 3. The van der Waals surface area contributed by atoms with Crippen LogP contribution in [-0.2, 0) is 0 Å². The first kappa shape index (κ1) is 21.3. The summed E-state index contributed by atoms with van der Waals surface area (Å²) < 4.78 is 0. The van der Waals surface area contributed by atoms with Gasteiger partial charge < -0.3 is 9.88 Å². The maximum atomic E-state index is 3.65. The quantitative estimate of drug-likeness (QED) is 0.264. The molecule has 0 spiro atoms. The Morgan fingerprint density at radius 2 is 1.37 bits per heavy atom. The number of nitrogens with one attached hydrogen (secondary N) is 1. The smallest absolute Gasteiger partial charge is 0.0630 e. The summed E-state index contributed by atoms with van der Waals surface area (Å²) in [5.74, 6) is 0.286. The van der Waals surface area contributed by atoms with Crippen LogP contribution >= 0.6 is 0 Å². The number of allylic oxidation sites excluding steroid dienone is 2. The van der Waals surface area contributed by atoms with E-state index in [4.69, 9.17) is 0 Å². The molecule has 2 heterocycles. The Morgan fingerprint density at radius 1 is 0.632 bits per heavy atom. The van der Waals surface area contributed by atoms with Crippen molar-refractivity contribution in [1.82, 2.24) is 4.98 Å². The maximum Gasteiger partial charge on any atom is 0.0630 e. The summed E-state index contributed by atoms with van der Waals surface area (Å²) in [6.45, 7) is 0. The Balaban J connectivity index is 1.34. The highest BCUT2D eigenvalue weighted by Gasteiger charge is 2.38. The van der Waals surface area contributed by atoms with Crippen LogP contribution in [0.25, 0.3) is 38.5 Å². The van der Waals surface area contributed by atoms with E-state index in [1.54, 1.807) is 0 Å². The number of nitrogens with zero attached hydrogens (tertiary/aromatic N) is 1. The number of para-hydroxylation sites is 3. The third kappa shape index (κ3) is 3.13. The molecule has 38 heavy (non-hydrogen) atoms. The highest BCUT2D eigenvalue weighted by atomic mass is 15.2. The summed E-state index contributed by atoms with van der Waals surface area (Å²) in [6, 6.07) is 43.9. The van der Waals surface area contributed by atoms with E-state index in [0.29, 0.717) is 0 Å². The number of aromatic nitrogens is 1. The van der Waals surface area contributed by atoms with E-state index >= 15 is 0 Å². The predicted molar refractivity (Wildman–Crippen MR) is 160 cm³/mol. The third-order valence-corrected chi connectivity index (χ3v) is 8.13. The molecule has 6 aromatic rings. The SMILES string of the molecule is C1=CC2C(C=C1c1ccc3[nH]c4ccccc4c3c1-c1ccccc1)c1ccccc1N2c1ccccc1. The van der Waals surface area contributed by atoms with Crippen molar-refractivity contribution in [3.63, 3.8) is 0 Å². The molecule has 1 aromatic heterocycles. The third-order valence-electron chi connectivity index (χ3n) is 8.13. The van der Waals surface area contributed by atoms with Crippen molar-refractivity contribution in [2.45, 2.75) is 12.0 Å². The first-order chi connectivity index (χ1) is 18.9. The van der Waals surface area contributed by atoms with Crippen molar-refractivity contribution in [3.05, 3.63) is 151 Å². The van der Waals surface area contributed by atoms with Crippen molar-refractivity contribution in [3.8, 4) is 11.1 Å². The molecule has 2 unspecified atom stereocenters. The van der Waals surface area contributed by atoms with E-state index in [-0.39, 0.29) is 12.0 Å². The van der Waals surface area contributed by atoms with Crippen LogP contribution in [0.1, 0.15) is 17.0 Å². The number of fused-ring (bicyclic) bond motifs is 6. The average molecular weight is 487 g/mol. The first-order valence-corrected chi connectivity index (χ1v) is 13.3. The van der Waals surface area contributed by atoms with Crippen LogP contribution in [0.2, 0.25) is 0 Å². The van der Waals surface area contributed by atoms with Gasteiger partial charge in [-0.15, -0.1) is 0 Å². The van der Waals surface area contributed by atoms with Gasteiger partial charge >= 0.3 is 0 Å². The average Bonchev–Trinajstić information content (AvgIpc) is 3.53. The molecule has 2 aliphatic rings. The van der Waals surface area contributed by atoms with Crippen molar-refractivity contribution in [1.29, 1.82) is 0 Å². The predicted octanol–water partition coefficient (Wildman–Crippen LogP) is 9.25.